The first-order valence-corrected chi connectivity index (χ1v) is 20.1. The molecule has 0 radical (unpaired) electrons. The number of ether oxygens (including phenoxy) is 6. The number of hydrogen-bond acceptors (Lipinski definition) is 13. The minimum absolute atomic E-state index is 0.0264. The molecule has 10 atom stereocenters. The topological polar surface area (TPSA) is 141 Å². The van der Waals surface area contributed by atoms with E-state index >= 15 is 0 Å². The van der Waals surface area contributed by atoms with Gasteiger partial charge in [0.25, 0.3) is 0 Å². The number of nitrogens with zero attached hydrogens (tertiary/aromatic N) is 4. The molecule has 2 fully saturated rings. The second kappa shape index (κ2) is 19.4. The molecule has 0 saturated carbocycles. The summed E-state index contributed by atoms with van der Waals surface area (Å²) in [6.45, 7) is 30.3. The van der Waals surface area contributed by atoms with Crippen molar-refractivity contribution in [2.75, 3.05) is 32.9 Å². The molecule has 4 aliphatic rings. The van der Waals surface area contributed by atoms with Crippen LogP contribution in [0.15, 0.2) is 35.3 Å². The van der Waals surface area contributed by atoms with Crippen LogP contribution in [0.25, 0.3) is 0 Å². The minimum atomic E-state index is -0.580. The van der Waals surface area contributed by atoms with E-state index in [4.69, 9.17) is 38.4 Å². The van der Waals surface area contributed by atoms with Crippen LogP contribution in [0.2, 0.25) is 0 Å². The van der Waals surface area contributed by atoms with Crippen molar-refractivity contribution in [3.8, 4) is 0 Å². The van der Waals surface area contributed by atoms with Crippen molar-refractivity contribution in [2.24, 2.45) is 21.8 Å². The van der Waals surface area contributed by atoms with Gasteiger partial charge in [0.15, 0.2) is 10.3 Å². The normalized spacial score (nSPS) is 31.2. The molecular weight excluding hydrogens is 709 g/mol. The zero-order valence-electron chi connectivity index (χ0n) is 32.9. The molecule has 4 rings (SSSR count). The number of thioether (sulfide) groups is 2. The molecule has 52 heavy (non-hydrogen) atoms. The maximum Gasteiger partial charge on any atom is 0.416 e. The molecule has 15 heteroatoms. The Balaban J connectivity index is 0.000000280. The van der Waals surface area contributed by atoms with E-state index in [0.29, 0.717) is 36.6 Å². The summed E-state index contributed by atoms with van der Waals surface area (Å²) in [5, 5.41) is 10.8. The molecule has 0 aliphatic carbocycles. The van der Waals surface area contributed by atoms with Crippen LogP contribution in [0.1, 0.15) is 82.6 Å². The Morgan fingerprint density at radius 1 is 0.769 bits per heavy atom. The third-order valence-corrected chi connectivity index (χ3v) is 11.1. The van der Waals surface area contributed by atoms with Gasteiger partial charge in [-0.1, -0.05) is 56.4 Å². The third-order valence-electron chi connectivity index (χ3n) is 8.74. The molecule has 0 aromatic carbocycles. The van der Waals surface area contributed by atoms with E-state index in [2.05, 4.69) is 27.0 Å². The Hall–Kier alpha value is -2.14. The molecule has 4 aliphatic heterocycles. The number of aliphatic hydroxyl groups is 1. The van der Waals surface area contributed by atoms with Crippen molar-refractivity contribution in [3.63, 3.8) is 0 Å². The lowest BCUT2D eigenvalue weighted by Crippen LogP contribution is -2.52. The third kappa shape index (κ3) is 11.4. The number of amides is 2. The molecule has 296 valence electrons. The van der Waals surface area contributed by atoms with Gasteiger partial charge in [-0.15, -0.1) is 13.2 Å². The van der Waals surface area contributed by atoms with Gasteiger partial charge >= 0.3 is 12.2 Å². The SMILES string of the molecule is C=CCO[C@H]1[C@H](C)[C@@H](CC)O[C@@H]2SC(N(CC)C(=O)OC(C)(C)C)=N[C@H]12.C=CCO[C@H]1[C@H](C)[C@@H](CO)O[C@@H]2SC(N(CC)C(=O)OC(C)(C)C)=N[C@H]12. The first-order chi connectivity index (χ1) is 24.4. The van der Waals surface area contributed by atoms with Crippen LogP contribution in [0.3, 0.4) is 0 Å². The number of fused-ring (bicyclic) bond motifs is 2. The Labute approximate surface area is 319 Å². The van der Waals surface area contributed by atoms with E-state index in [-0.39, 0.29) is 71.9 Å². The van der Waals surface area contributed by atoms with Gasteiger partial charge in [-0.2, -0.15) is 0 Å². The molecule has 0 spiro atoms. The van der Waals surface area contributed by atoms with Crippen molar-refractivity contribution in [1.29, 1.82) is 0 Å². The van der Waals surface area contributed by atoms with E-state index in [9.17, 15) is 14.7 Å². The lowest BCUT2D eigenvalue weighted by Gasteiger charge is -2.41. The van der Waals surface area contributed by atoms with Crippen LogP contribution in [-0.4, -0.2) is 129 Å². The fourth-order valence-corrected chi connectivity index (χ4v) is 8.77. The number of aliphatic hydroxyl groups excluding tert-OH is 1. The molecule has 13 nitrogen and oxygen atoms in total. The molecule has 0 bridgehead atoms. The molecule has 2 amide bonds. The highest BCUT2D eigenvalue weighted by Crippen LogP contribution is 2.43. The van der Waals surface area contributed by atoms with Gasteiger partial charge in [-0.3, -0.25) is 19.8 Å². The largest absolute Gasteiger partial charge is 0.443 e. The van der Waals surface area contributed by atoms with E-state index < -0.39 is 17.3 Å². The standard InChI is InChI=1S/C19H32N2O4S.C18H30N2O5S/c1-8-11-23-15-12(4)13(9-2)24-16-14(15)20-17(26-16)21(10-3)18(22)25-19(5,6)7;1-7-9-23-14-11(3)12(10-21)24-15-13(14)19-16(26-15)20(8-2)17(22)25-18(4,5)6/h8,12-16H,1,9-11H2,2-7H3;7,11-15,21H,1,8-10H2,2-6H3/t12-,13-,14-,15+,16-;11-,12-,13-,14+,15-/m11/s1. The number of aliphatic imine (C=N–C) groups is 2. The molecular formula is C37H62N4O9S2. The number of hydrogen-bond donors (Lipinski definition) is 1. The van der Waals surface area contributed by atoms with Gasteiger partial charge in [-0.25, -0.2) is 9.59 Å². The maximum atomic E-state index is 12.5. The zero-order valence-corrected chi connectivity index (χ0v) is 34.5. The Kier molecular flexibility index (Phi) is 16.6. The summed E-state index contributed by atoms with van der Waals surface area (Å²) in [4.78, 5) is 37.7. The monoisotopic (exact) mass is 770 g/mol. The van der Waals surface area contributed by atoms with Crippen LogP contribution in [0, 0.1) is 11.8 Å². The van der Waals surface area contributed by atoms with Gasteiger partial charge in [0.05, 0.1) is 44.2 Å². The lowest BCUT2D eigenvalue weighted by molar-refractivity contribution is -0.140. The average Bonchev–Trinajstić information content (AvgIpc) is 3.67. The molecule has 0 aromatic rings. The number of carbonyl (C=O) groups excluding carboxylic acids is 2. The zero-order chi connectivity index (χ0) is 39.0. The number of amidine groups is 2. The first-order valence-electron chi connectivity index (χ1n) is 18.3. The van der Waals surface area contributed by atoms with E-state index in [0.717, 1.165) is 6.42 Å². The van der Waals surface area contributed by atoms with Crippen LogP contribution in [-0.2, 0) is 28.4 Å². The fourth-order valence-electron chi connectivity index (χ4n) is 6.22. The summed E-state index contributed by atoms with van der Waals surface area (Å²) in [5.41, 5.74) is -1.57. The summed E-state index contributed by atoms with van der Waals surface area (Å²) >= 11 is 2.86. The maximum absolute atomic E-state index is 12.5. The van der Waals surface area contributed by atoms with Gasteiger partial charge in [0, 0.05) is 24.9 Å². The van der Waals surface area contributed by atoms with E-state index in [1.54, 1.807) is 17.1 Å². The predicted octanol–water partition coefficient (Wildman–Crippen LogP) is 6.70. The average molecular weight is 771 g/mol. The first kappa shape index (κ1) is 44.3. The summed E-state index contributed by atoms with van der Waals surface area (Å²) in [6.07, 6.45) is 3.06. The summed E-state index contributed by atoms with van der Waals surface area (Å²) < 4.78 is 35.2. The van der Waals surface area contributed by atoms with Gasteiger partial charge in [0.1, 0.15) is 34.2 Å². The Bertz CT molecular complexity index is 1190. The minimum Gasteiger partial charge on any atom is -0.443 e. The molecule has 0 unspecified atom stereocenters. The van der Waals surface area contributed by atoms with Crippen molar-refractivity contribution < 1.29 is 43.1 Å². The predicted molar refractivity (Wildman–Crippen MR) is 208 cm³/mol. The van der Waals surface area contributed by atoms with Crippen molar-refractivity contribution in [2.45, 2.75) is 141 Å². The second-order valence-electron chi connectivity index (χ2n) is 15.1. The Morgan fingerprint density at radius 3 is 1.48 bits per heavy atom. The van der Waals surface area contributed by atoms with Gasteiger partial charge in [0.2, 0.25) is 0 Å². The lowest BCUT2D eigenvalue weighted by atomic mass is 9.88. The molecule has 0 aromatic heterocycles. The van der Waals surface area contributed by atoms with Crippen LogP contribution >= 0.6 is 23.5 Å². The number of rotatable bonds is 10. The molecule has 1 N–H and O–H groups in total. The second-order valence-corrected chi connectivity index (χ2v) is 17.2. The smallest absolute Gasteiger partial charge is 0.416 e. The van der Waals surface area contributed by atoms with Crippen LogP contribution < -0.4 is 0 Å². The van der Waals surface area contributed by atoms with Crippen molar-refractivity contribution in [1.82, 2.24) is 9.80 Å². The highest BCUT2D eigenvalue weighted by molar-refractivity contribution is 8.14. The summed E-state index contributed by atoms with van der Waals surface area (Å²) in [7, 11) is 0. The van der Waals surface area contributed by atoms with Gasteiger partial charge in [-0.05, 0) is 61.8 Å². The highest BCUT2D eigenvalue weighted by Gasteiger charge is 2.50. The van der Waals surface area contributed by atoms with Gasteiger partial charge < -0.3 is 33.5 Å². The Morgan fingerprint density at radius 2 is 1.15 bits per heavy atom. The fraction of sp³-hybridized carbons (Fsp3) is 0.784. The molecule has 4 heterocycles. The van der Waals surface area contributed by atoms with Crippen molar-refractivity contribution >= 4 is 46.0 Å². The van der Waals surface area contributed by atoms with Crippen molar-refractivity contribution in [3.05, 3.63) is 25.3 Å². The van der Waals surface area contributed by atoms with E-state index in [1.165, 1.54) is 28.4 Å². The summed E-state index contributed by atoms with van der Waals surface area (Å²) in [5.74, 6) is 0.197. The highest BCUT2D eigenvalue weighted by atomic mass is 32.2. The van der Waals surface area contributed by atoms with E-state index in [1.807, 2.05) is 62.3 Å². The number of carbonyl (C=O) groups is 2. The van der Waals surface area contributed by atoms with Crippen LogP contribution in [0.4, 0.5) is 9.59 Å². The summed E-state index contributed by atoms with van der Waals surface area (Å²) in [6, 6.07) is -0.381. The van der Waals surface area contributed by atoms with Crippen LogP contribution in [0.5, 0.6) is 0 Å². The quantitative estimate of drug-likeness (QED) is 0.238. The molecule has 2 saturated heterocycles.